The van der Waals surface area contributed by atoms with E-state index < -0.39 is 40.7 Å². The summed E-state index contributed by atoms with van der Waals surface area (Å²) < 4.78 is 61.6. The molecule has 0 spiro atoms. The molecule has 2 fully saturated rings. The molecule has 5 atom stereocenters. The molecule has 0 radical (unpaired) electrons. The number of aliphatic hydroxyl groups excluding tert-OH is 1. The predicted molar refractivity (Wildman–Crippen MR) is 154 cm³/mol. The molecule has 1 amide bonds. The molecule has 3 aliphatic rings. The van der Waals surface area contributed by atoms with Crippen LogP contribution in [-0.4, -0.2) is 88.2 Å². The average Bonchev–Trinajstić information content (AvgIpc) is 3.74. The third kappa shape index (κ3) is 7.54. The van der Waals surface area contributed by atoms with Crippen LogP contribution >= 0.6 is 0 Å². The molecule has 5 rings (SSSR count). The van der Waals surface area contributed by atoms with E-state index in [0.29, 0.717) is 30.3 Å². The highest BCUT2D eigenvalue weighted by Gasteiger charge is 2.44. The van der Waals surface area contributed by atoms with Gasteiger partial charge in [-0.15, -0.1) is 0 Å². The van der Waals surface area contributed by atoms with Crippen LogP contribution in [0.3, 0.4) is 0 Å². The highest BCUT2D eigenvalue weighted by Crippen LogP contribution is 2.35. The van der Waals surface area contributed by atoms with Crippen molar-refractivity contribution in [3.8, 4) is 23.3 Å². The molecule has 2 N–H and O–H groups in total. The highest BCUT2D eigenvalue weighted by atomic mass is 32.2. The number of carbonyl (C=O) groups excluding carboxylic acids is 1. The molecule has 238 valence electrons. The first-order valence-electron chi connectivity index (χ1n) is 14.5. The number of nitrogens with one attached hydrogen (secondary N) is 1. The third-order valence-electron chi connectivity index (χ3n) is 7.63. The van der Waals surface area contributed by atoms with E-state index >= 15 is 0 Å². The Hall–Kier alpha value is -3.61. The minimum absolute atomic E-state index is 0.000969. The molecule has 0 bridgehead atoms. The summed E-state index contributed by atoms with van der Waals surface area (Å²) in [6.07, 6.45) is -2.11. The summed E-state index contributed by atoms with van der Waals surface area (Å²) in [7, 11) is -4.07. The van der Waals surface area contributed by atoms with Crippen molar-refractivity contribution in [3.05, 3.63) is 48.0 Å². The number of fused-ring (bicyclic) bond motifs is 2. The number of nitrogens with zero attached hydrogens (tertiary/aromatic N) is 2. The van der Waals surface area contributed by atoms with E-state index in [9.17, 15) is 18.3 Å². The lowest BCUT2D eigenvalue weighted by atomic mass is 10.0. The zero-order chi connectivity index (χ0) is 31.3. The van der Waals surface area contributed by atoms with E-state index in [1.165, 1.54) is 22.5 Å². The molecular formula is C30H37N3O10S. The van der Waals surface area contributed by atoms with Gasteiger partial charge in [-0.3, -0.25) is 0 Å². The number of ether oxygens (including phenoxy) is 6. The van der Waals surface area contributed by atoms with Gasteiger partial charge in [0, 0.05) is 19.2 Å². The van der Waals surface area contributed by atoms with Crippen LogP contribution in [0.5, 0.6) is 17.2 Å². The van der Waals surface area contributed by atoms with Gasteiger partial charge < -0.3 is 38.8 Å². The van der Waals surface area contributed by atoms with Gasteiger partial charge in [-0.25, -0.2) is 13.2 Å². The molecule has 0 saturated carbocycles. The molecule has 2 aromatic rings. The number of hydrogen-bond acceptors (Lipinski definition) is 11. The molecule has 14 heteroatoms. The maximum Gasteiger partial charge on any atom is 0.407 e. The molecule has 44 heavy (non-hydrogen) atoms. The van der Waals surface area contributed by atoms with Crippen LogP contribution in [0.4, 0.5) is 4.79 Å². The third-order valence-corrected chi connectivity index (χ3v) is 9.46. The highest BCUT2D eigenvalue weighted by molar-refractivity contribution is 7.89. The van der Waals surface area contributed by atoms with Crippen molar-refractivity contribution in [1.29, 1.82) is 5.26 Å². The molecule has 2 saturated heterocycles. The van der Waals surface area contributed by atoms with Gasteiger partial charge in [-0.1, -0.05) is 26.0 Å². The summed E-state index contributed by atoms with van der Waals surface area (Å²) in [5.41, 5.74) is 0.737. The van der Waals surface area contributed by atoms with Crippen molar-refractivity contribution in [3.63, 3.8) is 0 Å². The van der Waals surface area contributed by atoms with Crippen molar-refractivity contribution in [2.24, 2.45) is 11.8 Å². The summed E-state index contributed by atoms with van der Waals surface area (Å²) in [4.78, 5) is 13.1. The van der Waals surface area contributed by atoms with E-state index in [4.69, 9.17) is 33.7 Å². The van der Waals surface area contributed by atoms with E-state index in [-0.39, 0.29) is 56.2 Å². The second-order valence-corrected chi connectivity index (χ2v) is 13.3. The number of aliphatic hydroxyl groups is 1. The largest absolute Gasteiger partial charge is 0.479 e. The summed E-state index contributed by atoms with van der Waals surface area (Å²) in [5, 5.41) is 23.1. The Bertz CT molecular complexity index is 1450. The SMILES string of the molecule is CC(C)CN(C[C@@H](O)[C@H](Cc1ccc(OCC#N)cc1)NC(=O)OC1COC2OCCC12)S(=O)(=O)c1ccc2c(c1)OCO2. The van der Waals surface area contributed by atoms with Gasteiger partial charge in [0.05, 0.1) is 36.2 Å². The molecule has 0 aromatic heterocycles. The van der Waals surface area contributed by atoms with Crippen LogP contribution in [-0.2, 0) is 30.7 Å². The lowest BCUT2D eigenvalue weighted by molar-refractivity contribution is -0.0907. The quantitative estimate of drug-likeness (QED) is 0.333. The van der Waals surface area contributed by atoms with E-state index in [2.05, 4.69) is 5.32 Å². The number of carbonyl (C=O) groups is 1. The number of amides is 1. The zero-order valence-corrected chi connectivity index (χ0v) is 25.4. The Kier molecular flexibility index (Phi) is 10.1. The summed E-state index contributed by atoms with van der Waals surface area (Å²) >= 11 is 0. The average molecular weight is 632 g/mol. The summed E-state index contributed by atoms with van der Waals surface area (Å²) in [6, 6.07) is 12.2. The van der Waals surface area contributed by atoms with Crippen LogP contribution in [0.1, 0.15) is 25.8 Å². The van der Waals surface area contributed by atoms with Gasteiger partial charge in [-0.05, 0) is 48.6 Å². The van der Waals surface area contributed by atoms with Gasteiger partial charge in [0.25, 0.3) is 0 Å². The molecule has 3 unspecified atom stereocenters. The number of benzene rings is 2. The van der Waals surface area contributed by atoms with Crippen LogP contribution in [0.15, 0.2) is 47.4 Å². The van der Waals surface area contributed by atoms with E-state index in [1.54, 1.807) is 24.3 Å². The van der Waals surface area contributed by atoms with Crippen LogP contribution in [0.2, 0.25) is 0 Å². The summed E-state index contributed by atoms with van der Waals surface area (Å²) in [6.45, 7) is 4.21. The minimum atomic E-state index is -4.07. The first-order valence-corrected chi connectivity index (χ1v) is 15.9. The van der Waals surface area contributed by atoms with Gasteiger partial charge in [0.2, 0.25) is 16.8 Å². The fourth-order valence-electron chi connectivity index (χ4n) is 5.45. The number of rotatable bonds is 13. The number of hydrogen-bond donors (Lipinski definition) is 2. The first-order chi connectivity index (χ1) is 21.1. The van der Waals surface area contributed by atoms with Crippen molar-refractivity contribution in [2.45, 2.75) is 56.1 Å². The molecule has 3 heterocycles. The van der Waals surface area contributed by atoms with Crippen molar-refractivity contribution >= 4 is 16.1 Å². The van der Waals surface area contributed by atoms with Crippen LogP contribution in [0.25, 0.3) is 0 Å². The van der Waals surface area contributed by atoms with Crippen molar-refractivity contribution in [1.82, 2.24) is 9.62 Å². The lowest BCUT2D eigenvalue weighted by Crippen LogP contribution is -2.51. The Morgan fingerprint density at radius 2 is 1.91 bits per heavy atom. The first kappa shape index (κ1) is 31.8. The lowest BCUT2D eigenvalue weighted by Gasteiger charge is -2.31. The second kappa shape index (κ2) is 14.0. The molecule has 2 aromatic carbocycles. The Morgan fingerprint density at radius 1 is 1.14 bits per heavy atom. The fourth-order valence-corrected chi connectivity index (χ4v) is 7.08. The van der Waals surface area contributed by atoms with Crippen molar-refractivity contribution in [2.75, 3.05) is 39.7 Å². The standard InChI is InChI=1S/C30H37N3O10S/c1-19(2)15-33(44(36,37)22-7-8-26-27(14-22)42-18-41-26)16-25(34)24(13-20-3-5-21(6-4-20)38-12-10-31)32-30(35)43-28-17-40-29-23(28)9-11-39-29/h3-8,14,19,23-25,28-29,34H,9,11-13,15-18H2,1-2H3,(H,32,35)/t23?,24-,25+,28?,29?/m0/s1. The second-order valence-electron chi connectivity index (χ2n) is 11.3. The van der Waals surface area contributed by atoms with Gasteiger partial charge in [-0.2, -0.15) is 9.57 Å². The fraction of sp³-hybridized carbons (Fsp3) is 0.533. The normalized spacial score (nSPS) is 22.0. The molecule has 3 aliphatic heterocycles. The smallest absolute Gasteiger partial charge is 0.407 e. The molecular weight excluding hydrogens is 594 g/mol. The van der Waals surface area contributed by atoms with Crippen LogP contribution in [0, 0.1) is 23.2 Å². The van der Waals surface area contributed by atoms with E-state index in [1.807, 2.05) is 19.9 Å². The Morgan fingerprint density at radius 3 is 2.66 bits per heavy atom. The predicted octanol–water partition coefficient (Wildman–Crippen LogP) is 2.42. The molecule has 0 aliphatic carbocycles. The minimum Gasteiger partial charge on any atom is -0.479 e. The van der Waals surface area contributed by atoms with Gasteiger partial charge >= 0.3 is 6.09 Å². The zero-order valence-electron chi connectivity index (χ0n) is 24.6. The van der Waals surface area contributed by atoms with Gasteiger partial charge in [0.1, 0.15) is 17.9 Å². The topological polar surface area (TPSA) is 166 Å². The Balaban J connectivity index is 1.34. The van der Waals surface area contributed by atoms with E-state index in [0.717, 1.165) is 5.56 Å². The van der Waals surface area contributed by atoms with Crippen LogP contribution < -0.4 is 19.5 Å². The maximum atomic E-state index is 13.8. The summed E-state index contributed by atoms with van der Waals surface area (Å²) in [5.74, 6) is 1.14. The monoisotopic (exact) mass is 631 g/mol. The maximum absolute atomic E-state index is 13.8. The number of alkyl carbamates (subject to hydrolysis) is 1. The number of sulfonamides is 1. The number of nitriles is 1. The molecule has 13 nitrogen and oxygen atoms in total. The van der Waals surface area contributed by atoms with Crippen molar-refractivity contribution < 1.29 is 46.7 Å². The van der Waals surface area contributed by atoms with Gasteiger partial charge in [0.15, 0.2) is 24.4 Å². The Labute approximate surface area is 256 Å².